The third-order valence-corrected chi connectivity index (χ3v) is 15.0. The van der Waals surface area contributed by atoms with Crippen molar-refractivity contribution in [3.8, 4) is 11.1 Å². The van der Waals surface area contributed by atoms with Crippen LogP contribution in [0.15, 0.2) is 170 Å². The smallest absolute Gasteiger partial charge is 0.0546 e. The summed E-state index contributed by atoms with van der Waals surface area (Å²) in [5.41, 5.74) is 17.6. The first-order valence-corrected chi connectivity index (χ1v) is 25.1. The van der Waals surface area contributed by atoms with Gasteiger partial charge in [0.1, 0.15) is 0 Å². The van der Waals surface area contributed by atoms with Crippen molar-refractivity contribution in [3.63, 3.8) is 0 Å². The maximum absolute atomic E-state index is 2.53. The maximum atomic E-state index is 2.53. The molecule has 9 aromatic carbocycles. The van der Waals surface area contributed by atoms with Crippen molar-refractivity contribution in [2.24, 2.45) is 0 Å². The van der Waals surface area contributed by atoms with Crippen LogP contribution in [0.3, 0.4) is 0 Å². The third-order valence-electron chi connectivity index (χ3n) is 15.0. The van der Waals surface area contributed by atoms with Gasteiger partial charge in [0.15, 0.2) is 0 Å². The average Bonchev–Trinajstić information content (AvgIpc) is 3.55. The normalized spacial score (nSPS) is 13.8. The van der Waals surface area contributed by atoms with E-state index >= 15 is 0 Å². The molecule has 0 atom stereocenters. The highest BCUT2D eigenvalue weighted by atomic mass is 15.1. The van der Waals surface area contributed by atoms with Crippen molar-refractivity contribution in [2.75, 3.05) is 9.80 Å². The Bertz CT molecular complexity index is 3280. The molecule has 0 fully saturated rings. The molecule has 1 aliphatic rings. The lowest BCUT2D eigenvalue weighted by molar-refractivity contribution is 0.590. The molecule has 0 spiro atoms. The first kappa shape index (κ1) is 46.1. The molecular formula is C67H70N2. The molecule has 0 saturated carbocycles. The largest absolute Gasteiger partial charge is 0.310 e. The van der Waals surface area contributed by atoms with Gasteiger partial charge in [-0.15, -0.1) is 0 Å². The van der Waals surface area contributed by atoms with Gasteiger partial charge < -0.3 is 9.80 Å². The highest BCUT2D eigenvalue weighted by Gasteiger charge is 2.41. The summed E-state index contributed by atoms with van der Waals surface area (Å²) in [6.45, 7) is 32.4. The van der Waals surface area contributed by atoms with Gasteiger partial charge in [-0.3, -0.25) is 0 Å². The van der Waals surface area contributed by atoms with Crippen LogP contribution in [-0.2, 0) is 27.1 Å². The maximum Gasteiger partial charge on any atom is 0.0546 e. The second-order valence-electron chi connectivity index (χ2n) is 24.4. The van der Waals surface area contributed by atoms with E-state index in [0.717, 1.165) is 28.4 Å². The van der Waals surface area contributed by atoms with E-state index in [2.05, 4.69) is 277 Å². The lowest BCUT2D eigenvalue weighted by Gasteiger charge is -2.31. The molecule has 0 N–H and O–H groups in total. The molecule has 10 rings (SSSR count). The van der Waals surface area contributed by atoms with E-state index in [1.807, 2.05) is 0 Å². The summed E-state index contributed by atoms with van der Waals surface area (Å²) in [6, 6.07) is 65.0. The van der Waals surface area contributed by atoms with E-state index in [9.17, 15) is 0 Å². The van der Waals surface area contributed by atoms with Gasteiger partial charge in [0.25, 0.3) is 0 Å². The van der Waals surface area contributed by atoms with Crippen LogP contribution in [-0.4, -0.2) is 0 Å². The summed E-state index contributed by atoms with van der Waals surface area (Å²) < 4.78 is 0. The molecule has 0 aliphatic heterocycles. The van der Waals surface area contributed by atoms with Crippen LogP contribution in [0, 0.1) is 0 Å². The molecule has 0 unspecified atom stereocenters. The van der Waals surface area contributed by atoms with E-state index in [4.69, 9.17) is 0 Å². The van der Waals surface area contributed by atoms with Crippen molar-refractivity contribution in [1.29, 1.82) is 0 Å². The average molecular weight is 903 g/mol. The van der Waals surface area contributed by atoms with Crippen molar-refractivity contribution in [3.05, 3.63) is 203 Å². The lowest BCUT2D eigenvalue weighted by atomic mass is 9.77. The number of hydrogen-bond donors (Lipinski definition) is 0. The monoisotopic (exact) mass is 903 g/mol. The zero-order chi connectivity index (χ0) is 49.0. The van der Waals surface area contributed by atoms with Crippen molar-refractivity contribution >= 4 is 66.4 Å². The topological polar surface area (TPSA) is 6.48 Å². The standard InChI is InChI=1S/C67H70N2/c1-63(2,3)43-23-31-47(32-24-43)68(48-33-25-44(26-34-48)64(4,5)6)51-39-40-56-57(41-51)52-19-15-17-21-54(52)60-58-42-59(53-20-16-18-22-55(53)61(58)67(13,14)62(56)60)69(49-35-27-45(28-36-49)65(7,8)9)50-37-29-46(30-38-50)66(10,11)12/h15-42H,1-14H3. The molecule has 0 aromatic heterocycles. The van der Waals surface area contributed by atoms with Crippen LogP contribution in [0.25, 0.3) is 43.4 Å². The fourth-order valence-electron chi connectivity index (χ4n) is 11.1. The van der Waals surface area contributed by atoms with Crippen LogP contribution in [0.5, 0.6) is 0 Å². The first-order valence-electron chi connectivity index (χ1n) is 25.1. The van der Waals surface area contributed by atoms with Gasteiger partial charge in [0.05, 0.1) is 5.69 Å². The Morgan fingerprint density at radius 2 is 0.652 bits per heavy atom. The summed E-state index contributed by atoms with van der Waals surface area (Å²) in [5, 5.41) is 7.68. The molecular weight excluding hydrogens is 833 g/mol. The summed E-state index contributed by atoms with van der Waals surface area (Å²) >= 11 is 0. The lowest BCUT2D eigenvalue weighted by Crippen LogP contribution is -2.17. The Kier molecular flexibility index (Phi) is 10.8. The number of fused-ring (bicyclic) bond motifs is 10. The molecule has 0 saturated heterocycles. The summed E-state index contributed by atoms with van der Waals surface area (Å²) in [7, 11) is 0. The summed E-state index contributed by atoms with van der Waals surface area (Å²) in [5.74, 6) is 0. The Labute approximate surface area is 412 Å². The fourth-order valence-corrected chi connectivity index (χ4v) is 11.1. The van der Waals surface area contributed by atoms with E-state index in [-0.39, 0.29) is 27.1 Å². The zero-order valence-electron chi connectivity index (χ0n) is 43.6. The SMILES string of the molecule is CC(C)(C)c1ccc(N(c2ccc(C(C)(C)C)cc2)c2ccc3c4c(c5ccccc5c3c2)-c2cc(N(c3ccc(C(C)(C)C)cc3)c3ccc(C(C)(C)C)cc3)c3ccccc3c2C4(C)C)cc1. The van der Waals surface area contributed by atoms with E-state index in [1.54, 1.807) is 0 Å². The number of anilines is 6. The van der Waals surface area contributed by atoms with Crippen LogP contribution >= 0.6 is 0 Å². The Hall–Kier alpha value is -6.64. The minimum Gasteiger partial charge on any atom is -0.310 e. The Balaban J connectivity index is 1.21. The number of benzene rings is 9. The van der Waals surface area contributed by atoms with Crippen LogP contribution in [0.2, 0.25) is 0 Å². The van der Waals surface area contributed by atoms with Gasteiger partial charge >= 0.3 is 0 Å². The van der Waals surface area contributed by atoms with Gasteiger partial charge in [-0.2, -0.15) is 0 Å². The molecule has 348 valence electrons. The van der Waals surface area contributed by atoms with Gasteiger partial charge in [0, 0.05) is 39.2 Å². The molecule has 1 aliphatic carbocycles. The van der Waals surface area contributed by atoms with Crippen molar-refractivity contribution in [1.82, 2.24) is 0 Å². The summed E-state index contributed by atoms with van der Waals surface area (Å²) in [4.78, 5) is 4.94. The second kappa shape index (κ2) is 16.2. The highest BCUT2D eigenvalue weighted by molar-refractivity contribution is 6.21. The van der Waals surface area contributed by atoms with Gasteiger partial charge in [-0.25, -0.2) is 0 Å². The minimum atomic E-state index is -0.300. The van der Waals surface area contributed by atoms with E-state index < -0.39 is 0 Å². The Morgan fingerprint density at radius 1 is 0.304 bits per heavy atom. The molecule has 2 nitrogen and oxygen atoms in total. The zero-order valence-corrected chi connectivity index (χ0v) is 43.6. The van der Waals surface area contributed by atoms with Crippen LogP contribution < -0.4 is 9.80 Å². The van der Waals surface area contributed by atoms with Crippen LogP contribution in [0.4, 0.5) is 34.1 Å². The van der Waals surface area contributed by atoms with Gasteiger partial charge in [0.2, 0.25) is 0 Å². The predicted molar refractivity (Wildman–Crippen MR) is 301 cm³/mol. The predicted octanol–water partition coefficient (Wildman–Crippen LogP) is 19.6. The molecule has 0 bridgehead atoms. The number of hydrogen-bond acceptors (Lipinski definition) is 2. The number of nitrogens with zero attached hydrogens (tertiary/aromatic N) is 2. The molecule has 0 radical (unpaired) electrons. The highest BCUT2D eigenvalue weighted by Crippen LogP contribution is 2.59. The molecule has 0 amide bonds. The van der Waals surface area contributed by atoms with Gasteiger partial charge in [-0.05, 0) is 160 Å². The third kappa shape index (κ3) is 8.00. The molecule has 0 heterocycles. The van der Waals surface area contributed by atoms with Crippen molar-refractivity contribution in [2.45, 2.75) is 124 Å². The van der Waals surface area contributed by atoms with Crippen LogP contribution in [0.1, 0.15) is 130 Å². The second-order valence-corrected chi connectivity index (χ2v) is 24.4. The van der Waals surface area contributed by atoms with E-state index in [1.165, 1.54) is 82.5 Å². The first-order chi connectivity index (χ1) is 32.5. The quantitative estimate of drug-likeness (QED) is 0.153. The molecule has 69 heavy (non-hydrogen) atoms. The molecule has 9 aromatic rings. The molecule has 2 heteroatoms. The van der Waals surface area contributed by atoms with Crippen molar-refractivity contribution < 1.29 is 0 Å². The van der Waals surface area contributed by atoms with E-state index in [0.29, 0.717) is 0 Å². The van der Waals surface area contributed by atoms with Gasteiger partial charge in [-0.1, -0.05) is 200 Å². The summed E-state index contributed by atoms with van der Waals surface area (Å²) in [6.07, 6.45) is 0. The minimum absolute atomic E-state index is 0.0472. The number of rotatable bonds is 6. The fraction of sp³-hybridized carbons (Fsp3) is 0.284. The Morgan fingerprint density at radius 3 is 1.07 bits per heavy atom.